The van der Waals surface area contributed by atoms with E-state index in [1.807, 2.05) is 27.7 Å². The highest BCUT2D eigenvalue weighted by Gasteiger charge is 1.95. The molecular formula is C8H22MgO3. The molecule has 12 heavy (non-hydrogen) atoms. The minimum atomic E-state index is 0. The number of aliphatic hydroxyl groups is 1. The zero-order chi connectivity index (χ0) is 9.28. The van der Waals surface area contributed by atoms with Gasteiger partial charge in [-0.05, 0) is 34.6 Å². The van der Waals surface area contributed by atoms with E-state index in [2.05, 4.69) is 0 Å². The summed E-state index contributed by atoms with van der Waals surface area (Å²) in [6.07, 6.45) is 0.329. The normalized spacial score (nSPS) is 9.00. The average molecular weight is 191 g/mol. The number of aliphatic hydroxyl groups excluding tert-OH is 1. The van der Waals surface area contributed by atoms with E-state index in [0.29, 0.717) is 0 Å². The number of hydrogen-bond donors (Lipinski definition) is 1. The Labute approximate surface area is 91.5 Å². The topological polar surface area (TPSA) is 38.7 Å². The van der Waals surface area contributed by atoms with Crippen LogP contribution in [-0.4, -0.2) is 47.0 Å². The number of rotatable bonds is 3. The predicted molar refractivity (Wildman–Crippen MR) is 53.7 cm³/mol. The lowest BCUT2D eigenvalue weighted by Gasteiger charge is -2.08. The van der Waals surface area contributed by atoms with Crippen LogP contribution in [0.25, 0.3) is 0 Å². The quantitative estimate of drug-likeness (QED) is 0.407. The van der Waals surface area contributed by atoms with Gasteiger partial charge in [0.25, 0.3) is 0 Å². The third-order valence-corrected chi connectivity index (χ3v) is 0.440. The molecule has 0 amide bonds. The Balaban J connectivity index is -0.000000177. The van der Waals surface area contributed by atoms with Crippen LogP contribution < -0.4 is 0 Å². The van der Waals surface area contributed by atoms with Crippen molar-refractivity contribution in [1.82, 2.24) is 0 Å². The van der Waals surface area contributed by atoms with Crippen molar-refractivity contribution in [3.05, 3.63) is 0 Å². The van der Waals surface area contributed by atoms with Crippen molar-refractivity contribution >= 4 is 23.1 Å². The third-order valence-electron chi connectivity index (χ3n) is 0.440. The van der Waals surface area contributed by atoms with Crippen molar-refractivity contribution in [2.45, 2.75) is 46.8 Å². The maximum absolute atomic E-state index is 7.57. The fourth-order valence-electron chi connectivity index (χ4n) is 0.222. The van der Waals surface area contributed by atoms with Gasteiger partial charge in [0.15, 0.2) is 0 Å². The molecule has 3 nitrogen and oxygen atoms in total. The van der Waals surface area contributed by atoms with Crippen LogP contribution in [0.3, 0.4) is 0 Å². The first-order valence-electron chi connectivity index (χ1n) is 3.97. The maximum atomic E-state index is 7.57. The van der Waals surface area contributed by atoms with Gasteiger partial charge in [0.1, 0.15) is 0 Å². The second-order valence-corrected chi connectivity index (χ2v) is 2.61. The minimum absolute atomic E-state index is 0. The summed E-state index contributed by atoms with van der Waals surface area (Å²) in [4.78, 5) is 9.61. The lowest BCUT2D eigenvalue weighted by Crippen LogP contribution is -2.08. The van der Waals surface area contributed by atoms with E-state index in [0.717, 1.165) is 0 Å². The van der Waals surface area contributed by atoms with E-state index < -0.39 is 0 Å². The fraction of sp³-hybridized carbons (Fsp3) is 1.00. The van der Waals surface area contributed by atoms with Crippen molar-refractivity contribution < 1.29 is 14.9 Å². The molecule has 0 saturated heterocycles. The van der Waals surface area contributed by atoms with Crippen LogP contribution in [0.1, 0.15) is 34.6 Å². The minimum Gasteiger partial charge on any atom is -0.397 e. The Hall–Kier alpha value is 0.646. The molecule has 0 aromatic heterocycles. The summed E-state index contributed by atoms with van der Waals surface area (Å²) in [5.74, 6) is 0. The van der Waals surface area contributed by atoms with Gasteiger partial charge in [0.05, 0.1) is 12.2 Å². The molecule has 1 N–H and O–H groups in total. The molecule has 0 radical (unpaired) electrons. The molecule has 0 aliphatic carbocycles. The molecular weight excluding hydrogens is 168 g/mol. The van der Waals surface area contributed by atoms with Gasteiger partial charge in [-0.2, -0.15) is 0 Å². The Morgan fingerprint density at radius 2 is 1.17 bits per heavy atom. The summed E-state index contributed by atoms with van der Waals surface area (Å²) >= 11 is 0. The monoisotopic (exact) mass is 190 g/mol. The molecule has 0 aliphatic heterocycles. The fourth-order valence-corrected chi connectivity index (χ4v) is 0.222. The lowest BCUT2D eigenvalue weighted by molar-refractivity contribution is -0.337. The second kappa shape index (κ2) is 14.2. The van der Waals surface area contributed by atoms with Crippen LogP contribution in [0.5, 0.6) is 0 Å². The van der Waals surface area contributed by atoms with Crippen LogP contribution in [-0.2, 0) is 9.78 Å². The summed E-state index contributed by atoms with van der Waals surface area (Å²) < 4.78 is 0. The van der Waals surface area contributed by atoms with Crippen LogP contribution >= 0.6 is 0 Å². The summed E-state index contributed by atoms with van der Waals surface area (Å²) in [6, 6.07) is 0. The molecule has 0 atom stereocenters. The molecule has 0 fully saturated rings. The molecule has 0 unspecified atom stereocenters. The first-order chi connectivity index (χ1) is 5.04. The van der Waals surface area contributed by atoms with Gasteiger partial charge < -0.3 is 5.11 Å². The zero-order valence-corrected chi connectivity index (χ0v) is 8.13. The van der Waals surface area contributed by atoms with Crippen LogP contribution in [0.15, 0.2) is 0 Å². The lowest BCUT2D eigenvalue weighted by atomic mass is 10.5. The molecule has 0 aliphatic rings. The average Bonchev–Trinajstić information content (AvgIpc) is 1.85. The van der Waals surface area contributed by atoms with Gasteiger partial charge in [0, 0.05) is 6.61 Å². The van der Waals surface area contributed by atoms with Gasteiger partial charge in [0.2, 0.25) is 0 Å². The Bertz CT molecular complexity index is 59.3. The Morgan fingerprint density at radius 1 is 1.00 bits per heavy atom. The summed E-state index contributed by atoms with van der Waals surface area (Å²) in [6.45, 7) is 9.66. The number of hydrogen-bond acceptors (Lipinski definition) is 3. The molecule has 4 heteroatoms. The van der Waals surface area contributed by atoms with E-state index in [9.17, 15) is 0 Å². The molecule has 0 rings (SSSR count). The van der Waals surface area contributed by atoms with Crippen LogP contribution in [0, 0.1) is 0 Å². The van der Waals surface area contributed by atoms with E-state index in [1.54, 1.807) is 6.92 Å². The van der Waals surface area contributed by atoms with Gasteiger partial charge in [-0.3, -0.25) is 0 Å². The predicted octanol–water partition coefficient (Wildman–Crippen LogP) is 0.834. The summed E-state index contributed by atoms with van der Waals surface area (Å²) in [7, 11) is 0. The molecule has 0 bridgehead atoms. The van der Waals surface area contributed by atoms with E-state index in [1.165, 1.54) is 0 Å². The SMILES string of the molecule is CC(C)OOC(C)C.CCO.[MgH2]. The third kappa shape index (κ3) is 31.1. The van der Waals surface area contributed by atoms with Crippen molar-refractivity contribution in [2.75, 3.05) is 6.61 Å². The van der Waals surface area contributed by atoms with Crippen molar-refractivity contribution in [1.29, 1.82) is 0 Å². The smallest absolute Gasteiger partial charge is 0.316 e. The van der Waals surface area contributed by atoms with E-state index >= 15 is 0 Å². The first kappa shape index (κ1) is 18.4. The highest BCUT2D eigenvalue weighted by atomic mass is 24.3. The standard InChI is InChI=1S/C6H14O2.C2H6O.Mg.2H/c1-5(2)7-8-6(3)4;1-2-3;;;/h5-6H,1-4H3;3H,2H2,1H3;;;. The molecule has 0 spiro atoms. The summed E-state index contributed by atoms with van der Waals surface area (Å²) in [5, 5.41) is 7.57. The highest BCUT2D eigenvalue weighted by Crippen LogP contribution is 1.93. The van der Waals surface area contributed by atoms with Crippen LogP contribution in [0.2, 0.25) is 0 Å². The van der Waals surface area contributed by atoms with Gasteiger partial charge >= 0.3 is 23.1 Å². The molecule has 0 aromatic carbocycles. The van der Waals surface area contributed by atoms with Crippen molar-refractivity contribution in [2.24, 2.45) is 0 Å². The largest absolute Gasteiger partial charge is 0.397 e. The second-order valence-electron chi connectivity index (χ2n) is 2.61. The summed E-state index contributed by atoms with van der Waals surface area (Å²) in [5.41, 5.74) is 0. The Kier molecular flexibility index (Phi) is 21.8. The zero-order valence-electron chi connectivity index (χ0n) is 8.13. The van der Waals surface area contributed by atoms with Crippen molar-refractivity contribution in [3.63, 3.8) is 0 Å². The van der Waals surface area contributed by atoms with Gasteiger partial charge in [-0.25, -0.2) is 9.78 Å². The van der Waals surface area contributed by atoms with Gasteiger partial charge in [-0.15, -0.1) is 0 Å². The molecule has 0 heterocycles. The Morgan fingerprint density at radius 3 is 1.25 bits per heavy atom. The van der Waals surface area contributed by atoms with Crippen molar-refractivity contribution in [3.8, 4) is 0 Å². The highest BCUT2D eigenvalue weighted by molar-refractivity contribution is 5.75. The van der Waals surface area contributed by atoms with E-state index in [4.69, 9.17) is 14.9 Å². The van der Waals surface area contributed by atoms with E-state index in [-0.39, 0.29) is 41.9 Å². The molecule has 74 valence electrons. The first-order valence-corrected chi connectivity index (χ1v) is 3.97. The molecule has 0 aromatic rings. The molecule has 0 saturated carbocycles. The van der Waals surface area contributed by atoms with Gasteiger partial charge in [-0.1, -0.05) is 0 Å². The van der Waals surface area contributed by atoms with Crippen LogP contribution in [0.4, 0.5) is 0 Å². The maximum Gasteiger partial charge on any atom is 0.316 e.